The van der Waals surface area contributed by atoms with Crippen LogP contribution in [0.3, 0.4) is 0 Å². The third-order valence-electron chi connectivity index (χ3n) is 6.08. The van der Waals surface area contributed by atoms with Crippen molar-refractivity contribution in [1.82, 2.24) is 5.32 Å². The molecule has 3 aliphatic carbocycles. The molecule has 1 aromatic carbocycles. The van der Waals surface area contributed by atoms with Crippen LogP contribution in [0.15, 0.2) is 27.6 Å². The second-order valence-electron chi connectivity index (χ2n) is 8.55. The molecule has 0 saturated heterocycles. The van der Waals surface area contributed by atoms with Gasteiger partial charge in [0, 0.05) is 4.47 Å². The van der Waals surface area contributed by atoms with Crippen molar-refractivity contribution in [3.63, 3.8) is 0 Å². The first-order chi connectivity index (χ1) is 15.4. The minimum absolute atomic E-state index is 0.167. The zero-order valence-electron chi connectivity index (χ0n) is 17.6. The SMILES string of the molecule is N#CC1(NC(=O)O)CC1.O=S(=O)(c1ccc(Br)cc1C(F)(F)F)[C@H]1CC[C@H](OC2CCC2)C1. The molecule has 1 amide bonds. The highest BCUT2D eigenvalue weighted by atomic mass is 79.9. The fourth-order valence-electron chi connectivity index (χ4n) is 3.83. The highest BCUT2D eigenvalue weighted by Gasteiger charge is 2.45. The Morgan fingerprint density at radius 3 is 2.33 bits per heavy atom. The monoisotopic (exact) mass is 552 g/mol. The fourth-order valence-corrected chi connectivity index (χ4v) is 6.20. The second kappa shape index (κ2) is 9.80. The van der Waals surface area contributed by atoms with E-state index in [0.29, 0.717) is 25.7 Å². The lowest BCUT2D eigenvalue weighted by Gasteiger charge is -2.28. The molecule has 4 rings (SSSR count). The number of alkyl halides is 3. The molecule has 7 nitrogen and oxygen atoms in total. The Morgan fingerprint density at radius 2 is 1.88 bits per heavy atom. The van der Waals surface area contributed by atoms with Gasteiger partial charge in [0.05, 0.1) is 34.0 Å². The van der Waals surface area contributed by atoms with Gasteiger partial charge >= 0.3 is 12.3 Å². The van der Waals surface area contributed by atoms with Gasteiger partial charge in [-0.15, -0.1) is 0 Å². The number of sulfone groups is 1. The van der Waals surface area contributed by atoms with Crippen molar-refractivity contribution < 1.29 is 36.2 Å². The van der Waals surface area contributed by atoms with Crippen molar-refractivity contribution in [1.29, 1.82) is 5.26 Å². The molecule has 2 N–H and O–H groups in total. The number of rotatable bonds is 5. The summed E-state index contributed by atoms with van der Waals surface area (Å²) < 4.78 is 71.3. The average Bonchev–Trinajstić information content (AvgIpc) is 3.28. The van der Waals surface area contributed by atoms with E-state index in [2.05, 4.69) is 21.2 Å². The number of nitrogens with one attached hydrogen (secondary N) is 1. The lowest BCUT2D eigenvalue weighted by Crippen LogP contribution is -2.33. The summed E-state index contributed by atoms with van der Waals surface area (Å²) >= 11 is 2.98. The van der Waals surface area contributed by atoms with Crippen molar-refractivity contribution >= 4 is 31.9 Å². The molecule has 3 aliphatic rings. The van der Waals surface area contributed by atoms with Crippen LogP contribution in [0.4, 0.5) is 18.0 Å². The van der Waals surface area contributed by atoms with Crippen LogP contribution in [0.5, 0.6) is 0 Å². The Bertz CT molecular complexity index is 1030. The number of carbonyl (C=O) groups is 1. The molecule has 0 aliphatic heterocycles. The fraction of sp³-hybridized carbons (Fsp3) is 0.619. The Labute approximate surface area is 198 Å². The number of nitriles is 1. The molecule has 0 heterocycles. The summed E-state index contributed by atoms with van der Waals surface area (Å²) in [6.45, 7) is 0. The van der Waals surface area contributed by atoms with E-state index in [9.17, 15) is 26.4 Å². The first kappa shape index (κ1) is 25.8. The smallest absolute Gasteiger partial charge is 0.417 e. The van der Waals surface area contributed by atoms with Crippen molar-refractivity contribution in [3.8, 4) is 6.07 Å². The maximum atomic E-state index is 13.2. The number of ether oxygens (including phenoxy) is 1. The molecule has 3 saturated carbocycles. The molecule has 1 aromatic rings. The van der Waals surface area contributed by atoms with E-state index >= 15 is 0 Å². The van der Waals surface area contributed by atoms with Crippen LogP contribution < -0.4 is 5.32 Å². The predicted molar refractivity (Wildman–Crippen MR) is 115 cm³/mol. The summed E-state index contributed by atoms with van der Waals surface area (Å²) in [5.74, 6) is 0. The Balaban J connectivity index is 0.000000286. The summed E-state index contributed by atoms with van der Waals surface area (Å²) in [5.41, 5.74) is -1.84. The van der Waals surface area contributed by atoms with Crippen molar-refractivity contribution in [2.75, 3.05) is 0 Å². The minimum atomic E-state index is -4.72. The van der Waals surface area contributed by atoms with Crippen LogP contribution >= 0.6 is 15.9 Å². The van der Waals surface area contributed by atoms with Crippen molar-refractivity contribution in [2.45, 2.75) is 85.4 Å². The quantitative estimate of drug-likeness (QED) is 0.528. The van der Waals surface area contributed by atoms with Gasteiger partial charge in [-0.1, -0.05) is 15.9 Å². The third kappa shape index (κ3) is 6.39. The molecular formula is C21H24BrF3N2O5S. The van der Waals surface area contributed by atoms with E-state index in [1.54, 1.807) is 0 Å². The van der Waals surface area contributed by atoms with Crippen LogP contribution in [0, 0.1) is 11.3 Å². The number of carboxylic acid groups (broad SMARTS) is 1. The number of amides is 1. The molecule has 0 aromatic heterocycles. The normalized spacial score (nSPS) is 24.1. The number of benzene rings is 1. The standard InChI is InChI=1S/C16H18BrF3O3S.C5H6N2O2/c17-10-4-7-15(14(8-10)16(18,19)20)24(21,22)13-6-5-12(9-13)23-11-2-1-3-11;6-3-5(1-2-5)7-4(8)9/h4,7-8,11-13H,1-3,5-6,9H2;7H,1-2H2,(H,8,9)/t12-,13-;/m0./s1. The molecule has 2 atom stereocenters. The molecule has 0 unspecified atom stereocenters. The Hall–Kier alpha value is -1.84. The van der Waals surface area contributed by atoms with Gasteiger partial charge < -0.3 is 15.2 Å². The summed E-state index contributed by atoms with van der Waals surface area (Å²) in [7, 11) is -4.05. The highest BCUT2D eigenvalue weighted by Crippen LogP contribution is 2.40. The zero-order chi connectivity index (χ0) is 24.4. The molecule has 182 valence electrons. The molecule has 3 fully saturated rings. The molecule has 0 radical (unpaired) electrons. The third-order valence-corrected chi connectivity index (χ3v) is 8.84. The van der Waals surface area contributed by atoms with Gasteiger partial charge in [-0.25, -0.2) is 13.2 Å². The van der Waals surface area contributed by atoms with Gasteiger partial charge in [-0.2, -0.15) is 18.4 Å². The van der Waals surface area contributed by atoms with E-state index in [1.807, 2.05) is 6.07 Å². The van der Waals surface area contributed by atoms with Crippen molar-refractivity contribution in [3.05, 3.63) is 28.2 Å². The Morgan fingerprint density at radius 1 is 1.21 bits per heavy atom. The minimum Gasteiger partial charge on any atom is -0.465 e. The van der Waals surface area contributed by atoms with Gasteiger partial charge in [0.1, 0.15) is 5.54 Å². The first-order valence-electron chi connectivity index (χ1n) is 10.5. The number of hydrogen-bond donors (Lipinski definition) is 2. The van der Waals surface area contributed by atoms with Crippen molar-refractivity contribution in [2.24, 2.45) is 0 Å². The number of hydrogen-bond acceptors (Lipinski definition) is 5. The molecule has 0 bridgehead atoms. The number of nitrogens with zero attached hydrogens (tertiary/aromatic N) is 1. The molecule has 12 heteroatoms. The second-order valence-corrected chi connectivity index (χ2v) is 11.7. The molecular weight excluding hydrogens is 529 g/mol. The Kier molecular flexibility index (Phi) is 7.65. The lowest BCUT2D eigenvalue weighted by molar-refractivity contribution is -0.139. The van der Waals surface area contributed by atoms with E-state index in [-0.39, 0.29) is 23.1 Å². The maximum absolute atomic E-state index is 13.2. The van der Waals surface area contributed by atoms with E-state index < -0.39 is 43.4 Å². The van der Waals surface area contributed by atoms with Gasteiger partial charge in [0.15, 0.2) is 9.84 Å². The van der Waals surface area contributed by atoms with Crippen LogP contribution in [0.25, 0.3) is 0 Å². The van der Waals surface area contributed by atoms with Crippen LogP contribution in [-0.2, 0) is 20.8 Å². The molecule has 0 spiro atoms. The summed E-state index contributed by atoms with van der Waals surface area (Å²) in [6, 6.07) is 5.09. The maximum Gasteiger partial charge on any atom is 0.417 e. The van der Waals surface area contributed by atoms with Crippen LogP contribution in [-0.4, -0.2) is 42.6 Å². The summed E-state index contributed by atoms with van der Waals surface area (Å²) in [5, 5.41) is 17.8. The van der Waals surface area contributed by atoms with E-state index in [4.69, 9.17) is 15.1 Å². The van der Waals surface area contributed by atoms with Crippen LogP contribution in [0.1, 0.15) is 56.9 Å². The highest BCUT2D eigenvalue weighted by molar-refractivity contribution is 9.10. The van der Waals surface area contributed by atoms with Gasteiger partial charge in [-0.05, 0) is 69.6 Å². The van der Waals surface area contributed by atoms with Gasteiger partial charge in [0.2, 0.25) is 0 Å². The molecule has 33 heavy (non-hydrogen) atoms. The predicted octanol–water partition coefficient (Wildman–Crippen LogP) is 5.04. The first-order valence-corrected chi connectivity index (χ1v) is 12.9. The van der Waals surface area contributed by atoms with Gasteiger partial charge in [-0.3, -0.25) is 0 Å². The largest absolute Gasteiger partial charge is 0.465 e. The van der Waals surface area contributed by atoms with E-state index in [0.717, 1.165) is 31.4 Å². The van der Waals surface area contributed by atoms with E-state index in [1.165, 1.54) is 6.07 Å². The van der Waals surface area contributed by atoms with Gasteiger partial charge in [0.25, 0.3) is 0 Å². The lowest BCUT2D eigenvalue weighted by atomic mass is 9.96. The van der Waals surface area contributed by atoms with Crippen LogP contribution in [0.2, 0.25) is 0 Å². The summed E-state index contributed by atoms with van der Waals surface area (Å²) in [4.78, 5) is 9.32. The summed E-state index contributed by atoms with van der Waals surface area (Å²) in [6.07, 6.45) is -0.232. The zero-order valence-corrected chi connectivity index (χ0v) is 20.0. The number of halogens is 4. The topological polar surface area (TPSA) is 116 Å². The average molecular weight is 553 g/mol.